The molecule has 0 atom stereocenters. The largest absolute Gasteiger partial charge is 0.486 e. The summed E-state index contributed by atoms with van der Waals surface area (Å²) in [4.78, 5) is 16.7. The number of anilines is 1. The molecule has 2 rings (SSSR count). The van der Waals surface area contributed by atoms with E-state index in [4.69, 9.17) is 15.2 Å². The van der Waals surface area contributed by atoms with E-state index < -0.39 is 5.97 Å². The van der Waals surface area contributed by atoms with Gasteiger partial charge in [0.25, 0.3) is 0 Å². The van der Waals surface area contributed by atoms with Crippen molar-refractivity contribution in [1.29, 1.82) is 0 Å². The predicted octanol–water partition coefficient (Wildman–Crippen LogP) is 2.68. The molecule has 2 aromatic heterocycles. The molecule has 0 spiro atoms. The second-order valence-corrected chi connectivity index (χ2v) is 5.38. The highest BCUT2D eigenvalue weighted by molar-refractivity contribution is 6.00. The van der Waals surface area contributed by atoms with Crippen LogP contribution >= 0.6 is 0 Å². The Hall–Kier alpha value is -2.24. The van der Waals surface area contributed by atoms with E-state index in [2.05, 4.69) is 4.98 Å². The smallest absolute Gasteiger partial charge is 0.358 e. The van der Waals surface area contributed by atoms with Crippen molar-refractivity contribution in [3.05, 3.63) is 17.3 Å². The van der Waals surface area contributed by atoms with Crippen LogP contribution in [-0.4, -0.2) is 28.2 Å². The highest BCUT2D eigenvalue weighted by Crippen LogP contribution is 2.34. The number of pyridine rings is 1. The zero-order valence-electron chi connectivity index (χ0n) is 13.8. The van der Waals surface area contributed by atoms with Crippen LogP contribution in [0.15, 0.2) is 6.07 Å². The number of carbonyl (C=O) groups is 1. The highest BCUT2D eigenvalue weighted by Gasteiger charge is 2.26. The second kappa shape index (κ2) is 6.25. The van der Waals surface area contributed by atoms with E-state index in [1.165, 1.54) is 0 Å². The summed E-state index contributed by atoms with van der Waals surface area (Å²) in [5, 5.41) is 0. The van der Waals surface area contributed by atoms with E-state index in [0.29, 0.717) is 29.4 Å². The third-order valence-electron chi connectivity index (χ3n) is 3.44. The van der Waals surface area contributed by atoms with Gasteiger partial charge in [0.05, 0.1) is 18.2 Å². The van der Waals surface area contributed by atoms with Gasteiger partial charge >= 0.3 is 5.97 Å². The molecule has 0 radical (unpaired) electrons. The van der Waals surface area contributed by atoms with Crippen molar-refractivity contribution in [1.82, 2.24) is 9.55 Å². The molecular weight excluding hydrogens is 282 g/mol. The molecule has 0 saturated heterocycles. The van der Waals surface area contributed by atoms with Crippen LogP contribution in [0.3, 0.4) is 0 Å². The average molecular weight is 305 g/mol. The van der Waals surface area contributed by atoms with E-state index in [1.807, 2.05) is 26.8 Å². The molecule has 2 aromatic rings. The summed E-state index contributed by atoms with van der Waals surface area (Å²) in [7, 11) is 1.80. The third kappa shape index (κ3) is 2.73. The van der Waals surface area contributed by atoms with Crippen LogP contribution < -0.4 is 10.5 Å². The number of aryl methyl sites for hydroxylation is 2. The van der Waals surface area contributed by atoms with Crippen molar-refractivity contribution in [2.45, 2.75) is 40.2 Å². The summed E-state index contributed by atoms with van der Waals surface area (Å²) in [6.45, 7) is 7.89. The quantitative estimate of drug-likeness (QED) is 0.859. The number of hydrogen-bond donors (Lipinski definition) is 1. The van der Waals surface area contributed by atoms with Crippen molar-refractivity contribution in [2.24, 2.45) is 7.05 Å². The van der Waals surface area contributed by atoms with Gasteiger partial charge in [-0.25, -0.2) is 9.78 Å². The number of fused-ring (bicyclic) bond motifs is 1. The number of nitrogens with two attached hydrogens (primary N) is 1. The molecule has 0 amide bonds. The zero-order valence-corrected chi connectivity index (χ0v) is 13.8. The third-order valence-corrected chi connectivity index (χ3v) is 3.44. The van der Waals surface area contributed by atoms with Gasteiger partial charge in [0.2, 0.25) is 0 Å². The summed E-state index contributed by atoms with van der Waals surface area (Å²) in [5.41, 5.74) is 8.71. The molecule has 0 unspecified atom stereocenters. The molecule has 2 heterocycles. The van der Waals surface area contributed by atoms with Crippen LogP contribution in [0.2, 0.25) is 0 Å². The van der Waals surface area contributed by atoms with Crippen LogP contribution in [0.5, 0.6) is 5.75 Å². The number of esters is 1. The first-order valence-corrected chi connectivity index (χ1v) is 7.52. The molecule has 6 heteroatoms. The monoisotopic (exact) mass is 305 g/mol. The van der Waals surface area contributed by atoms with E-state index in [1.54, 1.807) is 18.5 Å². The molecule has 0 bridgehead atoms. The van der Waals surface area contributed by atoms with Crippen LogP contribution in [0, 0.1) is 0 Å². The minimum Gasteiger partial charge on any atom is -0.486 e. The first-order chi connectivity index (χ1) is 10.4. The Morgan fingerprint density at radius 1 is 1.41 bits per heavy atom. The molecule has 0 aliphatic rings. The lowest BCUT2D eigenvalue weighted by atomic mass is 10.2. The molecule has 0 aliphatic heterocycles. The molecule has 6 nitrogen and oxygen atoms in total. The summed E-state index contributed by atoms with van der Waals surface area (Å²) >= 11 is 0. The van der Waals surface area contributed by atoms with E-state index in [9.17, 15) is 4.79 Å². The first kappa shape index (κ1) is 16.1. The molecular formula is C16H23N3O3. The van der Waals surface area contributed by atoms with Crippen LogP contribution in [-0.2, 0) is 18.2 Å². The van der Waals surface area contributed by atoms with Gasteiger partial charge in [-0.3, -0.25) is 0 Å². The molecule has 120 valence electrons. The number of carbonyl (C=O) groups excluding carboxylic acids is 1. The average Bonchev–Trinajstić information content (AvgIpc) is 2.70. The lowest BCUT2D eigenvalue weighted by Crippen LogP contribution is -2.14. The summed E-state index contributed by atoms with van der Waals surface area (Å²) < 4.78 is 12.7. The van der Waals surface area contributed by atoms with Crippen LogP contribution in [0.1, 0.15) is 43.7 Å². The van der Waals surface area contributed by atoms with E-state index >= 15 is 0 Å². The molecule has 0 saturated carbocycles. The van der Waals surface area contributed by atoms with Gasteiger partial charge < -0.3 is 19.8 Å². The Bertz CT molecular complexity index is 704. The number of rotatable bonds is 5. The summed E-state index contributed by atoms with van der Waals surface area (Å²) in [6, 6.07) is 1.95. The van der Waals surface area contributed by atoms with Crippen molar-refractivity contribution in [2.75, 3.05) is 12.3 Å². The van der Waals surface area contributed by atoms with Gasteiger partial charge in [-0.05, 0) is 38.8 Å². The number of ether oxygens (including phenoxy) is 2. The second-order valence-electron chi connectivity index (χ2n) is 5.38. The predicted molar refractivity (Wildman–Crippen MR) is 86.2 cm³/mol. The van der Waals surface area contributed by atoms with Crippen molar-refractivity contribution < 1.29 is 14.3 Å². The lowest BCUT2D eigenvalue weighted by molar-refractivity contribution is 0.0509. The standard InChI is InChI=1S/C16H23N3O3/c1-6-10-8-11-12(18-15(10)17)14(22-9(3)4)13(19(11)5)16(20)21-7-2/h8-9H,6-7H2,1-5H3,(H2,17,18). The van der Waals surface area contributed by atoms with Gasteiger partial charge in [-0.15, -0.1) is 0 Å². The zero-order chi connectivity index (χ0) is 16.4. The summed E-state index contributed by atoms with van der Waals surface area (Å²) in [5.74, 6) is 0.472. The van der Waals surface area contributed by atoms with Gasteiger partial charge in [-0.2, -0.15) is 0 Å². The van der Waals surface area contributed by atoms with Crippen LogP contribution in [0.4, 0.5) is 5.82 Å². The Labute approximate surface area is 130 Å². The molecule has 0 aliphatic carbocycles. The molecule has 0 aromatic carbocycles. The van der Waals surface area contributed by atoms with Gasteiger partial charge in [0.15, 0.2) is 11.4 Å². The maximum atomic E-state index is 12.3. The van der Waals surface area contributed by atoms with Gasteiger partial charge in [0.1, 0.15) is 11.3 Å². The fourth-order valence-electron chi connectivity index (χ4n) is 2.42. The molecule has 0 fully saturated rings. The van der Waals surface area contributed by atoms with Gasteiger partial charge in [-0.1, -0.05) is 6.92 Å². The number of nitrogens with zero attached hydrogens (tertiary/aromatic N) is 2. The number of aromatic nitrogens is 2. The maximum absolute atomic E-state index is 12.3. The Kier molecular flexibility index (Phi) is 4.59. The first-order valence-electron chi connectivity index (χ1n) is 7.52. The normalized spacial score (nSPS) is 11.2. The van der Waals surface area contributed by atoms with E-state index in [-0.39, 0.29) is 6.10 Å². The van der Waals surface area contributed by atoms with Crippen molar-refractivity contribution in [3.63, 3.8) is 0 Å². The Morgan fingerprint density at radius 3 is 2.64 bits per heavy atom. The topological polar surface area (TPSA) is 79.4 Å². The molecule has 2 N–H and O–H groups in total. The van der Waals surface area contributed by atoms with Crippen molar-refractivity contribution >= 4 is 22.8 Å². The summed E-state index contributed by atoms with van der Waals surface area (Å²) in [6.07, 6.45) is 0.683. The van der Waals surface area contributed by atoms with Crippen LogP contribution in [0.25, 0.3) is 11.0 Å². The fraction of sp³-hybridized carbons (Fsp3) is 0.500. The fourth-order valence-corrected chi connectivity index (χ4v) is 2.42. The minimum atomic E-state index is -0.421. The van der Waals surface area contributed by atoms with Crippen molar-refractivity contribution in [3.8, 4) is 5.75 Å². The number of nitrogen functional groups attached to an aromatic ring is 1. The Balaban J connectivity index is 2.75. The SMILES string of the molecule is CCOC(=O)c1c(OC(C)C)c2nc(N)c(CC)cc2n1C. The number of hydrogen-bond acceptors (Lipinski definition) is 5. The Morgan fingerprint density at radius 2 is 2.09 bits per heavy atom. The minimum absolute atomic E-state index is 0.0901. The lowest BCUT2D eigenvalue weighted by Gasteiger charge is -2.11. The van der Waals surface area contributed by atoms with Gasteiger partial charge in [0, 0.05) is 7.05 Å². The maximum Gasteiger partial charge on any atom is 0.358 e. The van der Waals surface area contributed by atoms with E-state index in [0.717, 1.165) is 17.5 Å². The highest BCUT2D eigenvalue weighted by atomic mass is 16.5. The molecule has 22 heavy (non-hydrogen) atoms.